The molecule has 4 rings (SSSR count). The number of nitrogens with one attached hydrogen (secondary N) is 1. The Balaban J connectivity index is 1.51. The van der Waals surface area contributed by atoms with E-state index < -0.39 is 5.97 Å². The molecule has 3 aromatic carbocycles. The van der Waals surface area contributed by atoms with Crippen molar-refractivity contribution in [2.24, 2.45) is 5.10 Å². The molecule has 1 N–H and O–H groups in total. The molecule has 0 aliphatic heterocycles. The van der Waals surface area contributed by atoms with E-state index >= 15 is 0 Å². The SMILES string of the molecule is O=C(N/N=C/c1ccccc1OC(=O)c1sc2ccccc2c1Cl)c1ccccc1Br. The van der Waals surface area contributed by atoms with E-state index in [4.69, 9.17) is 16.3 Å². The molecular formula is C23H14BrClN2O3S. The molecular weight excluding hydrogens is 500 g/mol. The lowest BCUT2D eigenvalue weighted by Crippen LogP contribution is -2.18. The Morgan fingerprint density at radius 3 is 2.52 bits per heavy atom. The molecule has 1 heterocycles. The number of hydrogen-bond donors (Lipinski definition) is 1. The first-order valence-electron chi connectivity index (χ1n) is 9.11. The number of nitrogens with zero attached hydrogens (tertiary/aromatic N) is 1. The Kier molecular flexibility index (Phi) is 6.46. The molecule has 0 aliphatic carbocycles. The number of esters is 1. The van der Waals surface area contributed by atoms with Crippen molar-refractivity contribution in [1.82, 2.24) is 5.43 Å². The fraction of sp³-hybridized carbons (Fsp3) is 0. The van der Waals surface area contributed by atoms with Crippen LogP contribution < -0.4 is 10.2 Å². The van der Waals surface area contributed by atoms with Gasteiger partial charge in [-0.25, -0.2) is 10.2 Å². The van der Waals surface area contributed by atoms with Gasteiger partial charge in [0, 0.05) is 20.1 Å². The maximum atomic E-state index is 12.7. The van der Waals surface area contributed by atoms with Crippen LogP contribution in [-0.4, -0.2) is 18.1 Å². The van der Waals surface area contributed by atoms with Crippen LogP contribution in [0.25, 0.3) is 10.1 Å². The third kappa shape index (κ3) is 4.69. The van der Waals surface area contributed by atoms with Gasteiger partial charge in [0.2, 0.25) is 0 Å². The molecule has 0 atom stereocenters. The highest BCUT2D eigenvalue weighted by atomic mass is 79.9. The van der Waals surface area contributed by atoms with E-state index in [1.807, 2.05) is 30.3 Å². The van der Waals surface area contributed by atoms with Gasteiger partial charge in [0.05, 0.1) is 16.8 Å². The summed E-state index contributed by atoms with van der Waals surface area (Å²) in [5.41, 5.74) is 3.45. The number of ether oxygens (including phenoxy) is 1. The van der Waals surface area contributed by atoms with E-state index in [2.05, 4.69) is 26.5 Å². The van der Waals surface area contributed by atoms with Crippen LogP contribution in [0.2, 0.25) is 5.02 Å². The lowest BCUT2D eigenvalue weighted by molar-refractivity contribution is 0.0739. The summed E-state index contributed by atoms with van der Waals surface area (Å²) in [5, 5.41) is 5.18. The number of hydrogen-bond acceptors (Lipinski definition) is 5. The first-order chi connectivity index (χ1) is 15.0. The van der Waals surface area contributed by atoms with E-state index in [1.54, 1.807) is 42.5 Å². The maximum absolute atomic E-state index is 12.7. The smallest absolute Gasteiger partial charge is 0.355 e. The van der Waals surface area contributed by atoms with Crippen LogP contribution in [0.5, 0.6) is 5.75 Å². The molecule has 0 saturated heterocycles. The third-order valence-corrected chi connectivity index (χ3v) is 6.68. The van der Waals surface area contributed by atoms with Crippen LogP contribution in [0.15, 0.2) is 82.4 Å². The van der Waals surface area contributed by atoms with Crippen molar-refractivity contribution in [3.8, 4) is 5.75 Å². The zero-order valence-corrected chi connectivity index (χ0v) is 19.0. The standard InChI is InChI=1S/C23H14BrClN2O3S/c24-17-10-4-2-8-15(17)22(28)27-26-13-14-7-1-5-11-18(14)30-23(29)21-20(25)16-9-3-6-12-19(16)31-21/h1-13H,(H,27,28)/b26-13+. The first-order valence-corrected chi connectivity index (χ1v) is 11.1. The molecule has 0 unspecified atom stereocenters. The summed E-state index contributed by atoms with van der Waals surface area (Å²) < 4.78 is 7.15. The second kappa shape index (κ2) is 9.43. The lowest BCUT2D eigenvalue weighted by Gasteiger charge is -2.07. The molecule has 31 heavy (non-hydrogen) atoms. The lowest BCUT2D eigenvalue weighted by atomic mass is 10.2. The van der Waals surface area contributed by atoms with E-state index in [1.165, 1.54) is 17.6 Å². The van der Waals surface area contributed by atoms with Crippen molar-refractivity contribution in [2.75, 3.05) is 0 Å². The summed E-state index contributed by atoms with van der Waals surface area (Å²) in [4.78, 5) is 25.3. The van der Waals surface area contributed by atoms with Crippen LogP contribution in [0, 0.1) is 0 Å². The molecule has 0 fully saturated rings. The summed E-state index contributed by atoms with van der Waals surface area (Å²) >= 11 is 11.0. The van der Waals surface area contributed by atoms with Gasteiger partial charge >= 0.3 is 5.97 Å². The van der Waals surface area contributed by atoms with Crippen molar-refractivity contribution in [1.29, 1.82) is 0 Å². The summed E-state index contributed by atoms with van der Waals surface area (Å²) in [6, 6.07) is 21.4. The van der Waals surface area contributed by atoms with E-state index in [-0.39, 0.29) is 5.91 Å². The van der Waals surface area contributed by atoms with Crippen LogP contribution in [-0.2, 0) is 0 Å². The van der Waals surface area contributed by atoms with Gasteiger partial charge in [-0.15, -0.1) is 11.3 Å². The topological polar surface area (TPSA) is 67.8 Å². The average Bonchev–Trinajstić information content (AvgIpc) is 3.12. The highest BCUT2D eigenvalue weighted by Gasteiger charge is 2.19. The van der Waals surface area contributed by atoms with Crippen LogP contribution >= 0.6 is 38.9 Å². The first kappa shape index (κ1) is 21.2. The largest absolute Gasteiger partial charge is 0.422 e. The molecule has 154 valence electrons. The van der Waals surface area contributed by atoms with Gasteiger partial charge in [0.1, 0.15) is 10.6 Å². The van der Waals surface area contributed by atoms with E-state index in [0.29, 0.717) is 31.2 Å². The number of thiophene rings is 1. The molecule has 0 spiro atoms. The fourth-order valence-electron chi connectivity index (χ4n) is 2.84. The number of amides is 1. The summed E-state index contributed by atoms with van der Waals surface area (Å²) in [7, 11) is 0. The predicted molar refractivity (Wildman–Crippen MR) is 127 cm³/mol. The van der Waals surface area contributed by atoms with Gasteiger partial charge in [-0.3, -0.25) is 4.79 Å². The van der Waals surface area contributed by atoms with Crippen molar-refractivity contribution in [3.05, 3.63) is 98.3 Å². The third-order valence-electron chi connectivity index (χ3n) is 4.33. The highest BCUT2D eigenvalue weighted by Crippen LogP contribution is 2.36. The molecule has 8 heteroatoms. The number of carbonyl (C=O) groups is 2. The van der Waals surface area contributed by atoms with Gasteiger partial charge in [0.15, 0.2) is 0 Å². The Morgan fingerprint density at radius 1 is 1.00 bits per heavy atom. The quantitative estimate of drug-likeness (QED) is 0.147. The average molecular weight is 514 g/mol. The number of hydrazone groups is 1. The minimum Gasteiger partial charge on any atom is -0.422 e. The van der Waals surface area contributed by atoms with Crippen molar-refractivity contribution in [2.45, 2.75) is 0 Å². The van der Waals surface area contributed by atoms with Crippen LogP contribution in [0.3, 0.4) is 0 Å². The van der Waals surface area contributed by atoms with Gasteiger partial charge in [-0.1, -0.05) is 54.1 Å². The fourth-order valence-corrected chi connectivity index (χ4v) is 4.69. The molecule has 0 aliphatic rings. The number of rotatable bonds is 5. The number of para-hydroxylation sites is 1. The molecule has 0 bridgehead atoms. The number of carbonyl (C=O) groups excluding carboxylic acids is 2. The maximum Gasteiger partial charge on any atom is 0.355 e. The molecule has 0 saturated carbocycles. The monoisotopic (exact) mass is 512 g/mol. The number of halogens is 2. The number of benzene rings is 3. The zero-order valence-electron chi connectivity index (χ0n) is 15.8. The zero-order chi connectivity index (χ0) is 21.8. The predicted octanol–water partition coefficient (Wildman–Crippen LogP) is 6.30. The van der Waals surface area contributed by atoms with Gasteiger partial charge < -0.3 is 4.74 Å². The van der Waals surface area contributed by atoms with Gasteiger partial charge in [0.25, 0.3) is 5.91 Å². The number of fused-ring (bicyclic) bond motifs is 1. The van der Waals surface area contributed by atoms with Crippen molar-refractivity contribution < 1.29 is 14.3 Å². The van der Waals surface area contributed by atoms with Crippen LogP contribution in [0.4, 0.5) is 0 Å². The second-order valence-electron chi connectivity index (χ2n) is 6.35. The molecule has 1 aromatic heterocycles. The molecule has 4 aromatic rings. The van der Waals surface area contributed by atoms with Crippen molar-refractivity contribution in [3.63, 3.8) is 0 Å². The van der Waals surface area contributed by atoms with E-state index in [9.17, 15) is 9.59 Å². The van der Waals surface area contributed by atoms with Crippen LogP contribution in [0.1, 0.15) is 25.6 Å². The summed E-state index contributed by atoms with van der Waals surface area (Å²) in [5.74, 6) is -0.612. The normalized spacial score (nSPS) is 11.0. The summed E-state index contributed by atoms with van der Waals surface area (Å²) in [6.45, 7) is 0. The molecule has 0 radical (unpaired) electrons. The highest BCUT2D eigenvalue weighted by molar-refractivity contribution is 9.10. The Hall–Kier alpha value is -3.00. The van der Waals surface area contributed by atoms with E-state index in [0.717, 1.165) is 10.1 Å². The second-order valence-corrected chi connectivity index (χ2v) is 8.63. The molecule has 1 amide bonds. The minimum atomic E-state index is -0.552. The van der Waals surface area contributed by atoms with Gasteiger partial charge in [-0.05, 0) is 46.3 Å². The van der Waals surface area contributed by atoms with Gasteiger partial charge in [-0.2, -0.15) is 5.10 Å². The Morgan fingerprint density at radius 2 is 1.71 bits per heavy atom. The summed E-state index contributed by atoms with van der Waals surface area (Å²) in [6.07, 6.45) is 1.42. The molecule has 5 nitrogen and oxygen atoms in total. The Labute approximate surface area is 195 Å². The Bertz CT molecular complexity index is 1320. The minimum absolute atomic E-state index is 0.305. The van der Waals surface area contributed by atoms with Crippen molar-refractivity contribution >= 4 is 67.0 Å².